The summed E-state index contributed by atoms with van der Waals surface area (Å²) < 4.78 is 16.3. The maximum absolute atomic E-state index is 12.2. The molecule has 2 rings (SSSR count). The number of carbonyl (C=O) groups is 1. The molecule has 0 aromatic heterocycles. The number of methoxy groups -OCH3 is 2. The first kappa shape index (κ1) is 19.9. The average molecular weight is 352 g/mol. The summed E-state index contributed by atoms with van der Waals surface area (Å²) in [6.45, 7) is 0.892. The molecular weight excluding hydrogens is 328 g/mol. The van der Waals surface area contributed by atoms with Gasteiger partial charge in [0.05, 0.1) is 13.2 Å². The lowest BCUT2D eigenvalue weighted by Crippen LogP contribution is -2.20. The molecule has 0 bridgehead atoms. The predicted molar refractivity (Wildman–Crippen MR) is 101 cm³/mol. The van der Waals surface area contributed by atoms with Crippen molar-refractivity contribution < 1.29 is 19.0 Å². The van der Waals surface area contributed by atoms with E-state index < -0.39 is 0 Å². The van der Waals surface area contributed by atoms with Crippen LogP contribution < -0.4 is 0 Å². The van der Waals surface area contributed by atoms with Crippen molar-refractivity contribution in [1.29, 1.82) is 0 Å². The molecule has 0 heterocycles. The first-order valence-electron chi connectivity index (χ1n) is 8.51. The molecule has 0 aliphatic rings. The number of hydrogen-bond donors (Lipinski definition) is 0. The van der Waals surface area contributed by atoms with Crippen LogP contribution in [0, 0.1) is 17.8 Å². The molecule has 0 spiro atoms. The van der Waals surface area contributed by atoms with Crippen LogP contribution in [0.2, 0.25) is 0 Å². The van der Waals surface area contributed by atoms with Crippen LogP contribution in [0.3, 0.4) is 0 Å². The van der Waals surface area contributed by atoms with Gasteiger partial charge in [-0.25, -0.2) is 0 Å². The highest BCUT2D eigenvalue weighted by Gasteiger charge is 2.15. The quantitative estimate of drug-likeness (QED) is 0.299. The number of carbonyl (C=O) groups excluding carboxylic acids is 1. The summed E-state index contributed by atoms with van der Waals surface area (Å²) in [5.41, 5.74) is 1.67. The van der Waals surface area contributed by atoms with E-state index in [9.17, 15) is 4.79 Å². The maximum atomic E-state index is 12.2. The van der Waals surface area contributed by atoms with Gasteiger partial charge in [0.1, 0.15) is 0 Å². The Balaban J connectivity index is 1.99. The van der Waals surface area contributed by atoms with Crippen LogP contribution in [0.1, 0.15) is 22.3 Å². The minimum absolute atomic E-state index is 0.170. The Hall–Kier alpha value is -2.45. The van der Waals surface area contributed by atoms with E-state index in [0.29, 0.717) is 25.2 Å². The second-order valence-corrected chi connectivity index (χ2v) is 5.80. The van der Waals surface area contributed by atoms with Gasteiger partial charge in [-0.3, -0.25) is 4.79 Å². The fourth-order valence-corrected chi connectivity index (χ4v) is 2.41. The Kier molecular flexibility index (Phi) is 8.57. The Morgan fingerprint density at radius 2 is 1.58 bits per heavy atom. The van der Waals surface area contributed by atoms with Gasteiger partial charge in [0.2, 0.25) is 5.78 Å². The van der Waals surface area contributed by atoms with E-state index in [4.69, 9.17) is 14.2 Å². The molecule has 0 aliphatic carbocycles. The highest BCUT2D eigenvalue weighted by atomic mass is 16.7. The van der Waals surface area contributed by atoms with Crippen LogP contribution in [0.25, 0.3) is 0 Å². The van der Waals surface area contributed by atoms with Crippen molar-refractivity contribution in [3.05, 3.63) is 71.8 Å². The molecule has 0 aliphatic heterocycles. The molecule has 26 heavy (non-hydrogen) atoms. The van der Waals surface area contributed by atoms with Crippen LogP contribution in [0.15, 0.2) is 60.7 Å². The molecule has 1 unspecified atom stereocenters. The monoisotopic (exact) mass is 352 g/mol. The zero-order valence-corrected chi connectivity index (χ0v) is 15.2. The minimum atomic E-state index is -0.388. The van der Waals surface area contributed by atoms with E-state index in [1.54, 1.807) is 26.4 Å². The minimum Gasteiger partial charge on any atom is -0.375 e. The van der Waals surface area contributed by atoms with E-state index in [1.165, 1.54) is 0 Å². The van der Waals surface area contributed by atoms with Gasteiger partial charge in [0.15, 0.2) is 6.29 Å². The van der Waals surface area contributed by atoms with Gasteiger partial charge in [-0.05, 0) is 11.5 Å². The van der Waals surface area contributed by atoms with E-state index in [1.807, 2.05) is 48.5 Å². The van der Waals surface area contributed by atoms with E-state index in [2.05, 4.69) is 11.8 Å². The lowest BCUT2D eigenvalue weighted by molar-refractivity contribution is -0.114. The molecule has 0 saturated heterocycles. The lowest BCUT2D eigenvalue weighted by Gasteiger charge is -2.18. The van der Waals surface area contributed by atoms with Crippen LogP contribution in [0.5, 0.6) is 0 Å². The molecule has 2 aromatic carbocycles. The summed E-state index contributed by atoms with van der Waals surface area (Å²) in [4.78, 5) is 12.2. The van der Waals surface area contributed by atoms with Gasteiger partial charge >= 0.3 is 0 Å². The summed E-state index contributed by atoms with van der Waals surface area (Å²) in [5.74, 6) is 5.37. The van der Waals surface area contributed by atoms with Gasteiger partial charge < -0.3 is 14.2 Å². The number of hydrogen-bond acceptors (Lipinski definition) is 4. The van der Waals surface area contributed by atoms with Gasteiger partial charge in [0, 0.05) is 32.1 Å². The lowest BCUT2D eigenvalue weighted by atomic mass is 10.1. The molecule has 136 valence electrons. The molecule has 0 N–H and O–H groups in total. The van der Waals surface area contributed by atoms with Crippen LogP contribution >= 0.6 is 0 Å². The van der Waals surface area contributed by atoms with Crippen LogP contribution in [0.4, 0.5) is 0 Å². The Morgan fingerprint density at radius 3 is 2.19 bits per heavy atom. The summed E-state index contributed by atoms with van der Waals surface area (Å²) >= 11 is 0. The highest BCUT2D eigenvalue weighted by Crippen LogP contribution is 2.12. The second kappa shape index (κ2) is 11.2. The molecule has 2 aromatic rings. The smallest absolute Gasteiger partial charge is 0.235 e. The molecule has 0 amide bonds. The Bertz CT molecular complexity index is 712. The summed E-state index contributed by atoms with van der Waals surface area (Å²) in [6, 6.07) is 18.9. The fraction of sp³-hybridized carbons (Fsp3) is 0.318. The highest BCUT2D eigenvalue weighted by molar-refractivity contribution is 6.08. The van der Waals surface area contributed by atoms with Crippen molar-refractivity contribution in [2.45, 2.75) is 19.3 Å². The SMILES string of the molecule is COC(CC(C#CC(=O)c1ccccc1)COCc1ccccc1)OC. The zero-order chi connectivity index (χ0) is 18.6. The molecule has 0 radical (unpaired) electrons. The van der Waals surface area contributed by atoms with E-state index in [0.717, 1.165) is 5.56 Å². The third-order valence-corrected chi connectivity index (χ3v) is 3.86. The first-order chi connectivity index (χ1) is 12.7. The number of benzene rings is 2. The average Bonchev–Trinajstić information content (AvgIpc) is 2.70. The van der Waals surface area contributed by atoms with Crippen molar-refractivity contribution in [3.63, 3.8) is 0 Å². The number of ketones is 1. The molecule has 1 atom stereocenters. The van der Waals surface area contributed by atoms with Crippen molar-refractivity contribution in [2.24, 2.45) is 5.92 Å². The standard InChI is InChI=1S/C22H24O4/c1-24-22(25-2)15-19(17-26-16-18-9-5-3-6-10-18)13-14-21(23)20-11-7-4-8-12-20/h3-12,19,22H,15-17H2,1-2H3. The number of rotatable bonds is 9. The molecular formula is C22H24O4. The third kappa shape index (κ3) is 6.81. The van der Waals surface area contributed by atoms with Crippen molar-refractivity contribution in [2.75, 3.05) is 20.8 Å². The predicted octanol–water partition coefficient (Wildman–Crippen LogP) is 3.71. The zero-order valence-electron chi connectivity index (χ0n) is 15.2. The van der Waals surface area contributed by atoms with Crippen LogP contribution in [-0.4, -0.2) is 32.9 Å². The van der Waals surface area contributed by atoms with Gasteiger partial charge in [-0.15, -0.1) is 0 Å². The van der Waals surface area contributed by atoms with Gasteiger partial charge in [-0.1, -0.05) is 66.6 Å². The molecule has 0 fully saturated rings. The molecule has 0 saturated carbocycles. The van der Waals surface area contributed by atoms with Gasteiger partial charge in [-0.2, -0.15) is 0 Å². The third-order valence-electron chi connectivity index (χ3n) is 3.86. The van der Waals surface area contributed by atoms with Crippen molar-refractivity contribution in [3.8, 4) is 11.8 Å². The van der Waals surface area contributed by atoms with E-state index in [-0.39, 0.29) is 18.0 Å². The molecule has 4 nitrogen and oxygen atoms in total. The van der Waals surface area contributed by atoms with Crippen LogP contribution in [-0.2, 0) is 20.8 Å². The summed E-state index contributed by atoms with van der Waals surface area (Å²) in [5, 5.41) is 0. The molecule has 4 heteroatoms. The summed E-state index contributed by atoms with van der Waals surface area (Å²) in [7, 11) is 3.16. The van der Waals surface area contributed by atoms with E-state index >= 15 is 0 Å². The Morgan fingerprint density at radius 1 is 0.962 bits per heavy atom. The second-order valence-electron chi connectivity index (χ2n) is 5.80. The first-order valence-corrected chi connectivity index (χ1v) is 8.51. The number of ether oxygens (including phenoxy) is 3. The number of Topliss-reactive ketones (excluding diaryl/α,β-unsaturated/α-hetero) is 1. The topological polar surface area (TPSA) is 44.8 Å². The fourth-order valence-electron chi connectivity index (χ4n) is 2.41. The summed E-state index contributed by atoms with van der Waals surface area (Å²) in [6.07, 6.45) is 0.137. The largest absolute Gasteiger partial charge is 0.375 e. The van der Waals surface area contributed by atoms with Gasteiger partial charge in [0.25, 0.3) is 0 Å². The van der Waals surface area contributed by atoms with Crippen molar-refractivity contribution >= 4 is 5.78 Å². The maximum Gasteiger partial charge on any atom is 0.235 e. The Labute approximate surface area is 155 Å². The van der Waals surface area contributed by atoms with Crippen molar-refractivity contribution in [1.82, 2.24) is 0 Å². The normalized spacial score (nSPS) is 11.7.